The zero-order valence-electron chi connectivity index (χ0n) is 12.1. The molecule has 0 aromatic carbocycles. The number of halogens is 1. The van der Waals surface area contributed by atoms with Crippen molar-refractivity contribution in [3.8, 4) is 0 Å². The maximum Gasteiger partial charge on any atom is 0.138 e. The van der Waals surface area contributed by atoms with Crippen molar-refractivity contribution in [1.29, 1.82) is 0 Å². The SMILES string of the molecule is CCCCC(CC)(CCl)Cc1ncnn1C(C)C. The van der Waals surface area contributed by atoms with Gasteiger partial charge in [-0.05, 0) is 32.1 Å². The molecule has 3 nitrogen and oxygen atoms in total. The van der Waals surface area contributed by atoms with Gasteiger partial charge in [0.25, 0.3) is 0 Å². The topological polar surface area (TPSA) is 30.7 Å². The highest BCUT2D eigenvalue weighted by Crippen LogP contribution is 2.34. The molecule has 0 spiro atoms. The summed E-state index contributed by atoms with van der Waals surface area (Å²) in [5.74, 6) is 1.78. The third-order valence-corrected chi connectivity index (χ3v) is 4.33. The minimum Gasteiger partial charge on any atom is -0.248 e. The minimum absolute atomic E-state index is 0.178. The normalized spacial score (nSPS) is 15.0. The maximum atomic E-state index is 6.25. The van der Waals surface area contributed by atoms with Gasteiger partial charge < -0.3 is 0 Å². The summed E-state index contributed by atoms with van der Waals surface area (Å²) in [6.07, 6.45) is 7.32. The van der Waals surface area contributed by atoms with E-state index in [9.17, 15) is 0 Å². The maximum absolute atomic E-state index is 6.25. The van der Waals surface area contributed by atoms with Gasteiger partial charge >= 0.3 is 0 Å². The Kier molecular flexibility index (Phi) is 6.13. The van der Waals surface area contributed by atoms with E-state index in [1.807, 2.05) is 4.68 Å². The van der Waals surface area contributed by atoms with Gasteiger partial charge in [0.15, 0.2) is 0 Å². The van der Waals surface area contributed by atoms with E-state index in [0.717, 1.165) is 18.7 Å². The summed E-state index contributed by atoms with van der Waals surface area (Å²) in [4.78, 5) is 4.42. The van der Waals surface area contributed by atoms with Crippen LogP contribution in [0.25, 0.3) is 0 Å². The number of hydrogen-bond acceptors (Lipinski definition) is 2. The first kappa shape index (κ1) is 15.5. The quantitative estimate of drug-likeness (QED) is 0.663. The van der Waals surface area contributed by atoms with Crippen molar-refractivity contribution in [2.24, 2.45) is 5.41 Å². The first-order chi connectivity index (χ1) is 8.58. The van der Waals surface area contributed by atoms with E-state index in [1.54, 1.807) is 6.33 Å². The minimum atomic E-state index is 0.178. The van der Waals surface area contributed by atoms with Gasteiger partial charge in [-0.15, -0.1) is 11.6 Å². The van der Waals surface area contributed by atoms with E-state index in [2.05, 4.69) is 37.8 Å². The molecule has 1 aromatic heterocycles. The van der Waals surface area contributed by atoms with Crippen molar-refractivity contribution in [3.63, 3.8) is 0 Å². The second-order valence-electron chi connectivity index (χ2n) is 5.48. The third-order valence-electron chi connectivity index (χ3n) is 3.76. The molecule has 0 aliphatic carbocycles. The van der Waals surface area contributed by atoms with Crippen LogP contribution in [0.2, 0.25) is 0 Å². The van der Waals surface area contributed by atoms with Crippen molar-refractivity contribution < 1.29 is 0 Å². The average Bonchev–Trinajstić information content (AvgIpc) is 2.82. The molecule has 1 heterocycles. The molecule has 0 aliphatic heterocycles. The van der Waals surface area contributed by atoms with Gasteiger partial charge in [-0.1, -0.05) is 26.7 Å². The van der Waals surface area contributed by atoms with Crippen LogP contribution in [0.5, 0.6) is 0 Å². The van der Waals surface area contributed by atoms with Gasteiger partial charge in [-0.25, -0.2) is 9.67 Å². The Morgan fingerprint density at radius 2 is 2.11 bits per heavy atom. The van der Waals surface area contributed by atoms with Crippen LogP contribution < -0.4 is 0 Å². The van der Waals surface area contributed by atoms with Crippen LogP contribution >= 0.6 is 11.6 Å². The molecule has 0 radical (unpaired) electrons. The number of unbranched alkanes of at least 4 members (excludes halogenated alkanes) is 1. The Morgan fingerprint density at radius 3 is 2.61 bits per heavy atom. The van der Waals surface area contributed by atoms with E-state index >= 15 is 0 Å². The lowest BCUT2D eigenvalue weighted by molar-refractivity contribution is 0.266. The molecule has 0 N–H and O–H groups in total. The number of hydrogen-bond donors (Lipinski definition) is 0. The van der Waals surface area contributed by atoms with E-state index in [4.69, 9.17) is 11.6 Å². The van der Waals surface area contributed by atoms with Gasteiger partial charge in [-0.2, -0.15) is 5.10 Å². The molecule has 1 aromatic rings. The van der Waals surface area contributed by atoms with Crippen molar-refractivity contribution in [3.05, 3.63) is 12.2 Å². The van der Waals surface area contributed by atoms with Crippen molar-refractivity contribution >= 4 is 11.6 Å². The summed E-state index contributed by atoms with van der Waals surface area (Å²) in [6, 6.07) is 0.360. The van der Waals surface area contributed by atoms with Crippen molar-refractivity contribution in [2.75, 3.05) is 5.88 Å². The van der Waals surface area contributed by atoms with Gasteiger partial charge in [-0.3, -0.25) is 0 Å². The molecule has 18 heavy (non-hydrogen) atoms. The second kappa shape index (κ2) is 7.13. The molecule has 0 saturated carbocycles. The summed E-state index contributed by atoms with van der Waals surface area (Å²) in [5.41, 5.74) is 0.178. The zero-order chi connectivity index (χ0) is 13.6. The summed E-state index contributed by atoms with van der Waals surface area (Å²) < 4.78 is 2.02. The largest absolute Gasteiger partial charge is 0.248 e. The van der Waals surface area contributed by atoms with Gasteiger partial charge in [0, 0.05) is 18.3 Å². The lowest BCUT2D eigenvalue weighted by Crippen LogP contribution is -2.27. The molecule has 4 heteroatoms. The number of rotatable bonds is 8. The standard InChI is InChI=1S/C14H26ClN3/c1-5-7-8-14(6-2,10-15)9-13-16-11-17-18(13)12(3)4/h11-12H,5-10H2,1-4H3. The molecule has 1 atom stereocenters. The zero-order valence-corrected chi connectivity index (χ0v) is 12.9. The predicted octanol–water partition coefficient (Wildman–Crippen LogP) is 4.23. The number of alkyl halides is 1. The lowest BCUT2D eigenvalue weighted by atomic mass is 9.79. The Balaban J connectivity index is 2.85. The van der Waals surface area contributed by atoms with Crippen LogP contribution in [-0.4, -0.2) is 20.6 Å². The Hall–Kier alpha value is -0.570. The summed E-state index contributed by atoms with van der Waals surface area (Å²) >= 11 is 6.25. The fraction of sp³-hybridized carbons (Fsp3) is 0.857. The Labute approximate surface area is 116 Å². The van der Waals surface area contributed by atoms with Crippen LogP contribution in [-0.2, 0) is 6.42 Å². The van der Waals surface area contributed by atoms with Gasteiger partial charge in [0.05, 0.1) is 0 Å². The van der Waals surface area contributed by atoms with E-state index < -0.39 is 0 Å². The van der Waals surface area contributed by atoms with Crippen molar-refractivity contribution in [2.45, 2.75) is 65.8 Å². The fourth-order valence-electron chi connectivity index (χ4n) is 2.32. The molecule has 0 bridgehead atoms. The van der Waals surface area contributed by atoms with E-state index in [1.165, 1.54) is 19.3 Å². The monoisotopic (exact) mass is 271 g/mol. The summed E-state index contributed by atoms with van der Waals surface area (Å²) in [7, 11) is 0. The van der Waals surface area contributed by atoms with Crippen LogP contribution in [0, 0.1) is 5.41 Å². The fourth-order valence-corrected chi connectivity index (χ4v) is 2.73. The smallest absolute Gasteiger partial charge is 0.138 e. The number of aromatic nitrogens is 3. The van der Waals surface area contributed by atoms with Crippen LogP contribution in [0.15, 0.2) is 6.33 Å². The molecule has 0 amide bonds. The van der Waals surface area contributed by atoms with Crippen LogP contribution in [0.4, 0.5) is 0 Å². The highest BCUT2D eigenvalue weighted by molar-refractivity contribution is 6.18. The molecule has 1 unspecified atom stereocenters. The van der Waals surface area contributed by atoms with Crippen molar-refractivity contribution in [1.82, 2.24) is 14.8 Å². The average molecular weight is 272 g/mol. The molecule has 0 fully saturated rings. The second-order valence-corrected chi connectivity index (χ2v) is 5.75. The molecule has 104 valence electrons. The predicted molar refractivity (Wildman–Crippen MR) is 77.1 cm³/mol. The first-order valence-corrected chi connectivity index (χ1v) is 7.56. The Bertz CT molecular complexity index is 343. The number of nitrogens with zero attached hydrogens (tertiary/aromatic N) is 3. The summed E-state index contributed by atoms with van der Waals surface area (Å²) in [5, 5.41) is 4.31. The highest BCUT2D eigenvalue weighted by atomic mass is 35.5. The Morgan fingerprint density at radius 1 is 1.39 bits per heavy atom. The highest BCUT2D eigenvalue weighted by Gasteiger charge is 2.29. The summed E-state index contributed by atoms with van der Waals surface area (Å²) in [6.45, 7) is 8.73. The molecular formula is C14H26ClN3. The first-order valence-electron chi connectivity index (χ1n) is 7.03. The van der Waals surface area contributed by atoms with E-state index in [-0.39, 0.29) is 5.41 Å². The van der Waals surface area contributed by atoms with Crippen LogP contribution in [0.3, 0.4) is 0 Å². The lowest BCUT2D eigenvalue weighted by Gasteiger charge is -2.30. The van der Waals surface area contributed by atoms with Gasteiger partial charge in [0.2, 0.25) is 0 Å². The van der Waals surface area contributed by atoms with Crippen LogP contribution in [0.1, 0.15) is 65.2 Å². The molecule has 0 aliphatic rings. The molecule has 1 rings (SSSR count). The molecule has 0 saturated heterocycles. The molecular weight excluding hydrogens is 246 g/mol. The third kappa shape index (κ3) is 3.71. The van der Waals surface area contributed by atoms with Gasteiger partial charge in [0.1, 0.15) is 12.2 Å². The van der Waals surface area contributed by atoms with E-state index in [0.29, 0.717) is 11.9 Å².